The summed E-state index contributed by atoms with van der Waals surface area (Å²) in [6, 6.07) is 14.1. The third-order valence-electron chi connectivity index (χ3n) is 4.95. The molecule has 28 heavy (non-hydrogen) atoms. The van der Waals surface area contributed by atoms with Gasteiger partial charge in [-0.1, -0.05) is 35.9 Å². The van der Waals surface area contributed by atoms with E-state index in [0.717, 1.165) is 28.4 Å². The van der Waals surface area contributed by atoms with Gasteiger partial charge in [0.05, 0.1) is 6.54 Å². The molecule has 2 amide bonds. The van der Waals surface area contributed by atoms with Crippen LogP contribution in [0, 0.1) is 6.92 Å². The van der Waals surface area contributed by atoms with Crippen molar-refractivity contribution in [2.24, 2.45) is 0 Å². The van der Waals surface area contributed by atoms with E-state index in [-0.39, 0.29) is 17.9 Å². The topological polar surface area (TPSA) is 58.6 Å². The summed E-state index contributed by atoms with van der Waals surface area (Å²) in [5.41, 5.74) is 3.38. The number of imide groups is 1. The highest BCUT2D eigenvalue weighted by Crippen LogP contribution is 2.21. The lowest BCUT2D eigenvalue weighted by atomic mass is 10.1. The Morgan fingerprint density at radius 3 is 2.43 bits per heavy atom. The Kier molecular flexibility index (Phi) is 6.70. The van der Waals surface area contributed by atoms with Crippen LogP contribution < -0.4 is 10.1 Å². The molecule has 0 saturated carbocycles. The number of amides is 2. The summed E-state index contributed by atoms with van der Waals surface area (Å²) in [4.78, 5) is 24.5. The first-order valence-corrected chi connectivity index (χ1v) is 9.86. The SMILES string of the molecule is Cc1cc(CN[C@H](C)c2ccc(Cl)cc2)ccc1OCCN1C(=O)CCC1=O. The molecule has 1 N–H and O–H groups in total. The van der Waals surface area contributed by atoms with Crippen molar-refractivity contribution in [2.75, 3.05) is 13.2 Å². The fraction of sp³-hybridized carbons (Fsp3) is 0.364. The minimum absolute atomic E-state index is 0.110. The van der Waals surface area contributed by atoms with E-state index >= 15 is 0 Å². The van der Waals surface area contributed by atoms with E-state index in [9.17, 15) is 9.59 Å². The third kappa shape index (κ3) is 5.12. The molecule has 1 aliphatic heterocycles. The van der Waals surface area contributed by atoms with Gasteiger partial charge in [0.25, 0.3) is 0 Å². The summed E-state index contributed by atoms with van der Waals surface area (Å²) in [7, 11) is 0. The molecule has 1 aliphatic rings. The Hall–Kier alpha value is -2.37. The zero-order valence-electron chi connectivity index (χ0n) is 16.2. The van der Waals surface area contributed by atoms with Crippen molar-refractivity contribution in [1.82, 2.24) is 10.2 Å². The number of ether oxygens (including phenoxy) is 1. The summed E-state index contributed by atoms with van der Waals surface area (Å²) in [6.07, 6.45) is 0.627. The zero-order valence-corrected chi connectivity index (χ0v) is 17.0. The van der Waals surface area contributed by atoms with Crippen LogP contribution in [0.3, 0.4) is 0 Å². The second-order valence-electron chi connectivity index (χ2n) is 7.04. The molecule has 2 aromatic rings. The number of carbonyl (C=O) groups excluding carboxylic acids is 2. The highest BCUT2D eigenvalue weighted by atomic mass is 35.5. The number of likely N-dealkylation sites (tertiary alicyclic amines) is 1. The van der Waals surface area contributed by atoms with Crippen molar-refractivity contribution in [1.29, 1.82) is 0 Å². The predicted molar refractivity (Wildman–Crippen MR) is 109 cm³/mol. The van der Waals surface area contributed by atoms with Crippen LogP contribution in [-0.2, 0) is 16.1 Å². The lowest BCUT2D eigenvalue weighted by molar-refractivity contribution is -0.138. The highest BCUT2D eigenvalue weighted by molar-refractivity contribution is 6.30. The molecule has 1 saturated heterocycles. The van der Waals surface area contributed by atoms with Gasteiger partial charge in [0.1, 0.15) is 12.4 Å². The lowest BCUT2D eigenvalue weighted by Crippen LogP contribution is -2.33. The number of hydrogen-bond acceptors (Lipinski definition) is 4. The zero-order chi connectivity index (χ0) is 20.1. The first-order chi connectivity index (χ1) is 13.4. The van der Waals surface area contributed by atoms with Crippen LogP contribution in [0.15, 0.2) is 42.5 Å². The van der Waals surface area contributed by atoms with Gasteiger partial charge in [0, 0.05) is 30.5 Å². The lowest BCUT2D eigenvalue weighted by Gasteiger charge is -2.17. The normalized spacial score (nSPS) is 15.2. The summed E-state index contributed by atoms with van der Waals surface area (Å²) < 4.78 is 5.78. The van der Waals surface area contributed by atoms with Crippen molar-refractivity contribution < 1.29 is 14.3 Å². The minimum Gasteiger partial charge on any atom is -0.491 e. The molecule has 2 aromatic carbocycles. The fourth-order valence-electron chi connectivity index (χ4n) is 3.24. The quantitative estimate of drug-likeness (QED) is 0.680. The molecule has 1 heterocycles. The molecule has 0 radical (unpaired) electrons. The molecular weight excluding hydrogens is 376 g/mol. The first-order valence-electron chi connectivity index (χ1n) is 9.48. The average Bonchev–Trinajstić information content (AvgIpc) is 3.00. The molecule has 0 aliphatic carbocycles. The van der Waals surface area contributed by atoms with E-state index in [1.54, 1.807) is 0 Å². The van der Waals surface area contributed by atoms with Crippen LogP contribution in [-0.4, -0.2) is 29.9 Å². The number of rotatable bonds is 8. The van der Waals surface area contributed by atoms with Gasteiger partial charge >= 0.3 is 0 Å². The van der Waals surface area contributed by atoms with Gasteiger partial charge in [0.2, 0.25) is 11.8 Å². The Morgan fingerprint density at radius 2 is 1.79 bits per heavy atom. The maximum Gasteiger partial charge on any atom is 0.229 e. The van der Waals surface area contributed by atoms with Crippen molar-refractivity contribution in [3.8, 4) is 5.75 Å². The largest absolute Gasteiger partial charge is 0.491 e. The number of benzene rings is 2. The number of nitrogens with zero attached hydrogens (tertiary/aromatic N) is 1. The Bertz CT molecular complexity index is 835. The molecule has 0 spiro atoms. The van der Waals surface area contributed by atoms with Crippen molar-refractivity contribution in [2.45, 2.75) is 39.3 Å². The van der Waals surface area contributed by atoms with Crippen LogP contribution in [0.1, 0.15) is 42.5 Å². The van der Waals surface area contributed by atoms with Gasteiger partial charge in [-0.05, 0) is 48.7 Å². The van der Waals surface area contributed by atoms with Gasteiger partial charge in [-0.3, -0.25) is 14.5 Å². The number of halogens is 1. The number of hydrogen-bond donors (Lipinski definition) is 1. The standard InChI is InChI=1S/C22H25ClN2O3/c1-15-13-17(14-24-16(2)18-4-6-19(23)7-5-18)3-8-20(15)28-12-11-25-21(26)9-10-22(25)27/h3-8,13,16,24H,9-12,14H2,1-2H3/t16-/m1/s1. The van der Waals surface area contributed by atoms with E-state index in [1.807, 2.05) is 43.3 Å². The number of nitrogens with one attached hydrogen (secondary N) is 1. The average molecular weight is 401 g/mol. The maximum atomic E-state index is 11.6. The van der Waals surface area contributed by atoms with Crippen LogP contribution in [0.4, 0.5) is 0 Å². The second-order valence-corrected chi connectivity index (χ2v) is 7.48. The van der Waals surface area contributed by atoms with Crippen LogP contribution in [0.5, 0.6) is 5.75 Å². The molecule has 0 unspecified atom stereocenters. The minimum atomic E-state index is -0.110. The molecule has 1 atom stereocenters. The predicted octanol–water partition coefficient (Wildman–Crippen LogP) is 4.03. The molecule has 148 valence electrons. The molecular formula is C22H25ClN2O3. The summed E-state index contributed by atoms with van der Waals surface area (Å²) in [5, 5.41) is 4.24. The van der Waals surface area contributed by atoms with E-state index in [1.165, 1.54) is 10.5 Å². The number of carbonyl (C=O) groups is 2. The van der Waals surface area contributed by atoms with Crippen molar-refractivity contribution >= 4 is 23.4 Å². The van der Waals surface area contributed by atoms with Crippen LogP contribution in [0.2, 0.25) is 5.02 Å². The Morgan fingerprint density at radius 1 is 1.11 bits per heavy atom. The third-order valence-corrected chi connectivity index (χ3v) is 5.20. The second kappa shape index (κ2) is 9.22. The van der Waals surface area contributed by atoms with Gasteiger partial charge in [-0.25, -0.2) is 0 Å². The monoisotopic (exact) mass is 400 g/mol. The highest BCUT2D eigenvalue weighted by Gasteiger charge is 2.28. The molecule has 1 fully saturated rings. The van der Waals surface area contributed by atoms with E-state index in [2.05, 4.69) is 18.3 Å². The van der Waals surface area contributed by atoms with Gasteiger partial charge in [-0.15, -0.1) is 0 Å². The number of aryl methyl sites for hydroxylation is 1. The summed E-state index contributed by atoms with van der Waals surface area (Å²) in [5.74, 6) is 0.552. The van der Waals surface area contributed by atoms with E-state index in [0.29, 0.717) is 26.0 Å². The summed E-state index contributed by atoms with van der Waals surface area (Å²) >= 11 is 5.94. The Labute approximate surface area is 170 Å². The smallest absolute Gasteiger partial charge is 0.229 e. The van der Waals surface area contributed by atoms with Gasteiger partial charge < -0.3 is 10.1 Å². The van der Waals surface area contributed by atoms with Crippen LogP contribution in [0.25, 0.3) is 0 Å². The maximum absolute atomic E-state index is 11.6. The van der Waals surface area contributed by atoms with Gasteiger partial charge in [-0.2, -0.15) is 0 Å². The van der Waals surface area contributed by atoms with Crippen LogP contribution >= 0.6 is 11.6 Å². The summed E-state index contributed by atoms with van der Waals surface area (Å²) in [6.45, 7) is 5.46. The molecule has 6 heteroatoms. The molecule has 0 bridgehead atoms. The van der Waals surface area contributed by atoms with Crippen molar-refractivity contribution in [3.05, 3.63) is 64.2 Å². The Balaban J connectivity index is 1.50. The molecule has 0 aromatic heterocycles. The van der Waals surface area contributed by atoms with Crippen molar-refractivity contribution in [3.63, 3.8) is 0 Å². The van der Waals surface area contributed by atoms with E-state index < -0.39 is 0 Å². The van der Waals surface area contributed by atoms with Gasteiger partial charge in [0.15, 0.2) is 0 Å². The molecule has 3 rings (SSSR count). The molecule has 5 nitrogen and oxygen atoms in total. The first kappa shape index (κ1) is 20.4. The fourth-order valence-corrected chi connectivity index (χ4v) is 3.37. The van der Waals surface area contributed by atoms with E-state index in [4.69, 9.17) is 16.3 Å².